The molecule has 1 amide bonds. The van der Waals surface area contributed by atoms with Crippen molar-refractivity contribution in [2.75, 3.05) is 18.4 Å². The Hall–Kier alpha value is -1.58. The molecule has 0 unspecified atom stereocenters. The fourth-order valence-electron chi connectivity index (χ4n) is 2.38. The van der Waals surface area contributed by atoms with Crippen molar-refractivity contribution in [1.82, 2.24) is 10.3 Å². The molecule has 2 rings (SSSR count). The van der Waals surface area contributed by atoms with Gasteiger partial charge in [0.15, 0.2) is 0 Å². The molecule has 1 aliphatic rings. The highest BCUT2D eigenvalue weighted by atomic mass is 16.1. The molecule has 1 heterocycles. The van der Waals surface area contributed by atoms with Crippen LogP contribution in [0.5, 0.6) is 0 Å². The van der Waals surface area contributed by atoms with Crippen LogP contribution in [0.3, 0.4) is 0 Å². The maximum atomic E-state index is 12.0. The van der Waals surface area contributed by atoms with Crippen LogP contribution in [-0.4, -0.2) is 24.0 Å². The average molecular weight is 247 g/mol. The summed E-state index contributed by atoms with van der Waals surface area (Å²) < 4.78 is 0. The van der Waals surface area contributed by atoms with E-state index < -0.39 is 0 Å². The second kappa shape index (κ2) is 6.38. The van der Waals surface area contributed by atoms with E-state index in [2.05, 4.69) is 15.6 Å². The summed E-state index contributed by atoms with van der Waals surface area (Å²) in [7, 11) is 0. The molecule has 98 valence electrons. The van der Waals surface area contributed by atoms with E-state index in [0.717, 1.165) is 18.9 Å². The minimum Gasteiger partial charge on any atom is -0.370 e. The fourth-order valence-corrected chi connectivity index (χ4v) is 2.38. The van der Waals surface area contributed by atoms with Crippen molar-refractivity contribution in [3.05, 3.63) is 23.9 Å². The van der Waals surface area contributed by atoms with Gasteiger partial charge in [0, 0.05) is 13.1 Å². The van der Waals surface area contributed by atoms with E-state index in [1.807, 2.05) is 19.1 Å². The van der Waals surface area contributed by atoms with E-state index >= 15 is 0 Å². The van der Waals surface area contributed by atoms with E-state index in [4.69, 9.17) is 0 Å². The van der Waals surface area contributed by atoms with E-state index in [9.17, 15) is 4.79 Å². The summed E-state index contributed by atoms with van der Waals surface area (Å²) in [5.41, 5.74) is 0.492. The molecule has 4 heteroatoms. The van der Waals surface area contributed by atoms with Gasteiger partial charge in [-0.2, -0.15) is 0 Å². The fraction of sp³-hybridized carbons (Fsp3) is 0.571. The Morgan fingerprint density at radius 1 is 1.39 bits per heavy atom. The van der Waals surface area contributed by atoms with Crippen LogP contribution < -0.4 is 10.6 Å². The van der Waals surface area contributed by atoms with E-state index in [-0.39, 0.29) is 5.91 Å². The topological polar surface area (TPSA) is 54.0 Å². The third-order valence-corrected chi connectivity index (χ3v) is 3.37. The van der Waals surface area contributed by atoms with Gasteiger partial charge < -0.3 is 10.6 Å². The zero-order valence-electron chi connectivity index (χ0n) is 10.9. The number of rotatable bonds is 5. The highest BCUT2D eigenvalue weighted by molar-refractivity contribution is 5.92. The molecular weight excluding hydrogens is 226 g/mol. The van der Waals surface area contributed by atoms with Crippen LogP contribution in [-0.2, 0) is 0 Å². The SMILES string of the molecule is CCNc1cccc(C(=O)NCC2CCCC2)n1. The van der Waals surface area contributed by atoms with Crippen LogP contribution in [0.4, 0.5) is 5.82 Å². The molecular formula is C14H21N3O. The first-order valence-electron chi connectivity index (χ1n) is 6.78. The zero-order valence-corrected chi connectivity index (χ0v) is 10.9. The van der Waals surface area contributed by atoms with Crippen LogP contribution in [0.1, 0.15) is 43.1 Å². The first-order chi connectivity index (χ1) is 8.79. The lowest BCUT2D eigenvalue weighted by molar-refractivity contribution is 0.0942. The van der Waals surface area contributed by atoms with Gasteiger partial charge in [-0.3, -0.25) is 4.79 Å². The molecule has 18 heavy (non-hydrogen) atoms. The quantitative estimate of drug-likeness (QED) is 0.840. The lowest BCUT2D eigenvalue weighted by Crippen LogP contribution is -2.29. The normalized spacial score (nSPS) is 15.6. The van der Waals surface area contributed by atoms with Crippen LogP contribution in [0.15, 0.2) is 18.2 Å². The number of nitrogens with one attached hydrogen (secondary N) is 2. The number of carbonyl (C=O) groups excluding carboxylic acids is 1. The average Bonchev–Trinajstić information content (AvgIpc) is 2.90. The predicted molar refractivity (Wildman–Crippen MR) is 72.7 cm³/mol. The van der Waals surface area contributed by atoms with Crippen molar-refractivity contribution < 1.29 is 4.79 Å². The minimum atomic E-state index is -0.0679. The molecule has 0 saturated heterocycles. The van der Waals surface area contributed by atoms with Gasteiger partial charge >= 0.3 is 0 Å². The Morgan fingerprint density at radius 2 is 2.17 bits per heavy atom. The van der Waals surface area contributed by atoms with Crippen molar-refractivity contribution in [1.29, 1.82) is 0 Å². The van der Waals surface area contributed by atoms with Crippen LogP contribution in [0.2, 0.25) is 0 Å². The molecule has 2 N–H and O–H groups in total. The highest BCUT2D eigenvalue weighted by Gasteiger charge is 2.16. The summed E-state index contributed by atoms with van der Waals surface area (Å²) in [5.74, 6) is 1.35. The molecule has 1 aromatic rings. The monoisotopic (exact) mass is 247 g/mol. The Kier molecular flexibility index (Phi) is 4.56. The molecule has 1 fully saturated rings. The van der Waals surface area contributed by atoms with Gasteiger partial charge in [0.1, 0.15) is 11.5 Å². The summed E-state index contributed by atoms with van der Waals surface area (Å²) in [6, 6.07) is 5.48. The number of pyridine rings is 1. The standard InChI is InChI=1S/C14H21N3O/c1-2-15-13-9-5-8-12(17-13)14(18)16-10-11-6-3-4-7-11/h5,8-9,11H,2-4,6-7,10H2,1H3,(H,15,17)(H,16,18). The number of nitrogens with zero attached hydrogens (tertiary/aromatic N) is 1. The molecule has 1 aliphatic carbocycles. The summed E-state index contributed by atoms with van der Waals surface area (Å²) in [6.07, 6.45) is 5.08. The number of anilines is 1. The molecule has 0 atom stereocenters. The summed E-state index contributed by atoms with van der Waals surface area (Å²) >= 11 is 0. The predicted octanol–water partition coefficient (Wildman–Crippen LogP) is 2.43. The van der Waals surface area contributed by atoms with Crippen LogP contribution >= 0.6 is 0 Å². The number of hydrogen-bond acceptors (Lipinski definition) is 3. The molecule has 4 nitrogen and oxygen atoms in total. The minimum absolute atomic E-state index is 0.0679. The van der Waals surface area contributed by atoms with Crippen molar-refractivity contribution in [2.24, 2.45) is 5.92 Å². The second-order valence-corrected chi connectivity index (χ2v) is 4.80. The first-order valence-corrected chi connectivity index (χ1v) is 6.78. The van der Waals surface area contributed by atoms with Gasteiger partial charge in [0.05, 0.1) is 0 Å². The van der Waals surface area contributed by atoms with Gasteiger partial charge in [-0.25, -0.2) is 4.98 Å². The number of amides is 1. The molecule has 0 bridgehead atoms. The molecule has 0 aliphatic heterocycles. The molecule has 0 aromatic carbocycles. The molecule has 0 radical (unpaired) electrons. The van der Waals surface area contributed by atoms with E-state index in [1.54, 1.807) is 6.07 Å². The van der Waals surface area contributed by atoms with Gasteiger partial charge in [0.2, 0.25) is 0 Å². The van der Waals surface area contributed by atoms with Gasteiger partial charge in [-0.1, -0.05) is 18.9 Å². The smallest absolute Gasteiger partial charge is 0.269 e. The number of carbonyl (C=O) groups is 1. The Bertz CT molecular complexity index is 400. The van der Waals surface area contributed by atoms with Crippen molar-refractivity contribution in [2.45, 2.75) is 32.6 Å². The maximum Gasteiger partial charge on any atom is 0.269 e. The largest absolute Gasteiger partial charge is 0.370 e. The molecule has 1 saturated carbocycles. The molecule has 0 spiro atoms. The summed E-state index contributed by atoms with van der Waals surface area (Å²) in [6.45, 7) is 3.60. The van der Waals surface area contributed by atoms with Gasteiger partial charge in [-0.05, 0) is 37.8 Å². The Labute approximate surface area is 108 Å². The number of hydrogen-bond donors (Lipinski definition) is 2. The van der Waals surface area contributed by atoms with Gasteiger partial charge in [0.25, 0.3) is 5.91 Å². The van der Waals surface area contributed by atoms with Gasteiger partial charge in [-0.15, -0.1) is 0 Å². The number of aromatic nitrogens is 1. The van der Waals surface area contributed by atoms with E-state index in [1.165, 1.54) is 25.7 Å². The lowest BCUT2D eigenvalue weighted by atomic mass is 10.1. The Balaban J connectivity index is 1.89. The van der Waals surface area contributed by atoms with E-state index in [0.29, 0.717) is 11.6 Å². The van der Waals surface area contributed by atoms with Crippen molar-refractivity contribution in [3.63, 3.8) is 0 Å². The summed E-state index contributed by atoms with van der Waals surface area (Å²) in [5, 5.41) is 6.09. The van der Waals surface area contributed by atoms with Crippen molar-refractivity contribution in [3.8, 4) is 0 Å². The van der Waals surface area contributed by atoms with Crippen LogP contribution in [0.25, 0.3) is 0 Å². The third-order valence-electron chi connectivity index (χ3n) is 3.37. The first kappa shape index (κ1) is 12.9. The summed E-state index contributed by atoms with van der Waals surface area (Å²) in [4.78, 5) is 16.2. The van der Waals surface area contributed by atoms with Crippen molar-refractivity contribution >= 4 is 11.7 Å². The highest BCUT2D eigenvalue weighted by Crippen LogP contribution is 2.23. The zero-order chi connectivity index (χ0) is 12.8. The Morgan fingerprint density at radius 3 is 2.89 bits per heavy atom. The molecule has 1 aromatic heterocycles. The maximum absolute atomic E-state index is 12.0. The second-order valence-electron chi connectivity index (χ2n) is 4.80. The lowest BCUT2D eigenvalue weighted by Gasteiger charge is -2.10. The van der Waals surface area contributed by atoms with Crippen LogP contribution in [0, 0.1) is 5.92 Å². The third kappa shape index (κ3) is 3.45.